The number of rotatable bonds is 21. The Bertz CT molecular complexity index is 7850. The molecule has 16 N–H and O–H groups in total. The van der Waals surface area contributed by atoms with Crippen molar-refractivity contribution in [1.82, 2.24) is 78.8 Å². The Hall–Kier alpha value is -18.4. The fourth-order valence-corrected chi connectivity index (χ4v) is 16.0. The van der Waals surface area contributed by atoms with Gasteiger partial charge in [0.05, 0.1) is 141 Å². The summed E-state index contributed by atoms with van der Waals surface area (Å²) in [5.74, 6) is 8.17. The number of para-hydroxylation sites is 9. The highest BCUT2D eigenvalue weighted by atomic mass is 16.5. The number of nitrogens with zero attached hydrogens (tertiary/aromatic N) is 10. The van der Waals surface area contributed by atoms with E-state index in [4.69, 9.17) is 55.1 Å². The highest BCUT2D eigenvalue weighted by molar-refractivity contribution is 6.10. The second-order valence-corrected chi connectivity index (χ2v) is 31.0. The molecule has 10 heterocycles. The van der Waals surface area contributed by atoms with Crippen LogP contribution >= 0.6 is 0 Å². The maximum atomic E-state index is 13.2. The standard InChI is InChI=1S/C24H21N5O3.C19H19N5O3.C19H18N4O3.C19H18N4O.C18H17N5O3/c1-31-17-12-16(13-18(14-17)32-2)29-23(25-15-8-4-3-5-9-15)21(24(30)28-29)22-26-19-10-6-7-11-20(19)27-22;1-20-18-16(17-21-14-6-4-5-7-15(14)22-17)19(25)23-24(18)11-8-12(26-2)10-13(9-11)27-3;1-25-13-8-12(9-14(10-13)26-2)23-18(20)17(19(24)22-23)16-7-11-5-3-4-6-15(11)21-16;1-11-7-12(2)9-14(8-11)23-18(20)17(19(24)22-23)16-10-13-5-3-4-6-15(13)21-16;1-25-11-7-10(8-12(9-11)26-2)23-18(24)15(16(19)22-23)17-20-13-5-3-4-6-14(13)21-17/h3-14,25H,1-2H3,(H,26,27)(H,28,30);4-10,20H,1-3H3,(H,21,22)(H,23,25);3-6,8-10H,7,20H2,1-2H3,(H,22,24);3-9H,10,20H2,1-2H3,(H,22,24);3-9,22H,19H2,1-2H3,(H,20,21). The minimum absolute atomic E-state index is 0.210. The van der Waals surface area contributed by atoms with Crippen molar-refractivity contribution in [3.05, 3.63) is 328 Å². The first-order chi connectivity index (χ1) is 65.5. The molecule has 0 radical (unpaired) electrons. The number of aliphatic imine (C=N–C) groups is 2. The van der Waals surface area contributed by atoms with Gasteiger partial charge in [-0.3, -0.25) is 59.5 Å². The van der Waals surface area contributed by atoms with Crippen LogP contribution in [0.25, 0.3) is 95.7 Å². The van der Waals surface area contributed by atoms with Crippen molar-refractivity contribution in [2.45, 2.75) is 26.7 Å². The Morgan fingerprint density at radius 1 is 0.326 bits per heavy atom. The Kier molecular flexibility index (Phi) is 25.0. The second kappa shape index (κ2) is 38.1. The van der Waals surface area contributed by atoms with Gasteiger partial charge in [0.2, 0.25) is 0 Å². The van der Waals surface area contributed by atoms with E-state index in [-0.39, 0.29) is 39.2 Å². The summed E-state index contributed by atoms with van der Waals surface area (Å²) in [7, 11) is 14.3. The predicted octanol–water partition coefficient (Wildman–Crippen LogP) is 15.0. The van der Waals surface area contributed by atoms with Crippen LogP contribution in [0.1, 0.15) is 33.4 Å². The van der Waals surface area contributed by atoms with Crippen LogP contribution in [-0.2, 0) is 12.8 Å². The average Bonchev–Trinajstić information content (AvgIpc) is 1.63. The molecule has 8 aromatic heterocycles. The number of ether oxygens (including phenoxy) is 8. The summed E-state index contributed by atoms with van der Waals surface area (Å²) in [6.07, 6.45) is 1.20. The Morgan fingerprint density at radius 2 is 0.637 bits per heavy atom. The third-order valence-corrected chi connectivity index (χ3v) is 22.4. The number of hydrogen-bond donors (Lipinski definition) is 13. The number of nitrogens with two attached hydrogens (primary N) is 3. The van der Waals surface area contributed by atoms with Crippen LogP contribution < -0.4 is 93.5 Å². The summed E-state index contributed by atoms with van der Waals surface area (Å²) in [6, 6.07) is 75.5. The maximum absolute atomic E-state index is 13.2. The van der Waals surface area contributed by atoms with E-state index in [9.17, 15) is 24.0 Å². The third kappa shape index (κ3) is 18.2. The fraction of sp³-hybridized carbons (Fsp3) is 0.131. The van der Waals surface area contributed by atoms with E-state index in [1.807, 2.05) is 202 Å². The molecule has 135 heavy (non-hydrogen) atoms. The number of imidazole rings is 3. The largest absolute Gasteiger partial charge is 0.497 e. The van der Waals surface area contributed by atoms with Gasteiger partial charge in [-0.05, 0) is 109 Å². The summed E-state index contributed by atoms with van der Waals surface area (Å²) >= 11 is 0. The number of methoxy groups -OCH3 is 8. The number of H-pyrrole nitrogens is 8. The molecule has 36 heteroatoms. The summed E-state index contributed by atoms with van der Waals surface area (Å²) in [4.78, 5) is 96.4. The highest BCUT2D eigenvalue weighted by Gasteiger charge is 2.29. The zero-order chi connectivity index (χ0) is 94.4. The number of anilines is 6. The van der Waals surface area contributed by atoms with Gasteiger partial charge in [0.1, 0.15) is 120 Å². The van der Waals surface area contributed by atoms with Crippen LogP contribution in [0.2, 0.25) is 0 Å². The molecule has 682 valence electrons. The fourth-order valence-electron chi connectivity index (χ4n) is 16.0. The number of nitrogens with one attached hydrogen (secondary N) is 10. The second-order valence-electron chi connectivity index (χ2n) is 31.0. The van der Waals surface area contributed by atoms with Gasteiger partial charge in [-0.25, -0.2) is 38.4 Å². The minimum Gasteiger partial charge on any atom is -0.497 e. The van der Waals surface area contributed by atoms with E-state index in [2.05, 4.69) is 82.1 Å². The van der Waals surface area contributed by atoms with Gasteiger partial charge in [-0.1, -0.05) is 97.1 Å². The lowest BCUT2D eigenvalue weighted by molar-refractivity contribution is 0.393. The van der Waals surface area contributed by atoms with Gasteiger partial charge < -0.3 is 80.7 Å². The molecule has 19 aromatic rings. The van der Waals surface area contributed by atoms with Gasteiger partial charge in [0.25, 0.3) is 27.8 Å². The van der Waals surface area contributed by atoms with E-state index in [0.29, 0.717) is 150 Å². The number of benzene rings is 11. The highest BCUT2D eigenvalue weighted by Crippen LogP contribution is 2.38. The van der Waals surface area contributed by atoms with Crippen molar-refractivity contribution in [3.8, 4) is 109 Å². The van der Waals surface area contributed by atoms with Crippen molar-refractivity contribution in [2.24, 2.45) is 9.98 Å². The van der Waals surface area contributed by atoms with Gasteiger partial charge in [-0.2, -0.15) is 0 Å². The van der Waals surface area contributed by atoms with E-state index >= 15 is 0 Å². The first-order valence-corrected chi connectivity index (χ1v) is 42.2. The molecule has 0 saturated carbocycles. The first kappa shape index (κ1) is 88.6. The normalized spacial score (nSPS) is 11.6. The molecule has 21 rings (SSSR count). The van der Waals surface area contributed by atoms with Gasteiger partial charge in [0, 0.05) is 98.4 Å². The van der Waals surface area contributed by atoms with Crippen molar-refractivity contribution in [1.29, 1.82) is 0 Å². The number of fused-ring (bicyclic) bond motifs is 5. The van der Waals surface area contributed by atoms with Crippen molar-refractivity contribution >= 4 is 90.7 Å². The smallest absolute Gasteiger partial charge is 0.284 e. The van der Waals surface area contributed by atoms with Crippen LogP contribution in [0.4, 0.5) is 46.2 Å². The van der Waals surface area contributed by atoms with Crippen LogP contribution in [0.15, 0.2) is 277 Å². The Balaban J connectivity index is 0.000000118. The number of nitrogen functional groups attached to an aromatic ring is 3. The molecule has 0 aliphatic carbocycles. The monoisotopic (exact) mass is 1810 g/mol. The molecular weight excluding hydrogens is 1720 g/mol. The summed E-state index contributed by atoms with van der Waals surface area (Å²) in [5, 5.41) is 20.7. The summed E-state index contributed by atoms with van der Waals surface area (Å²) < 4.78 is 50.4. The van der Waals surface area contributed by atoms with Gasteiger partial charge in [-0.15, -0.1) is 0 Å². The van der Waals surface area contributed by atoms with E-state index in [1.54, 1.807) is 127 Å². The molecule has 0 spiro atoms. The number of aromatic amines is 8. The molecule has 0 fully saturated rings. The molecule has 11 aromatic carbocycles. The third-order valence-electron chi connectivity index (χ3n) is 22.4. The molecule has 0 amide bonds. The van der Waals surface area contributed by atoms with E-state index in [1.165, 1.54) is 9.36 Å². The van der Waals surface area contributed by atoms with E-state index in [0.717, 1.165) is 83.8 Å². The first-order valence-electron chi connectivity index (χ1n) is 42.2. The summed E-state index contributed by atoms with van der Waals surface area (Å²) in [5.41, 5.74) is 36.0. The number of hydrogen-bond acceptors (Lipinski definition) is 23. The van der Waals surface area contributed by atoms with Crippen molar-refractivity contribution in [2.75, 3.05) is 91.8 Å². The number of aromatic nitrogens is 16. The maximum Gasteiger partial charge on any atom is 0.284 e. The molecule has 2 aliphatic heterocycles. The van der Waals surface area contributed by atoms with Gasteiger partial charge in [0.15, 0.2) is 0 Å². The molecule has 0 saturated heterocycles. The minimum atomic E-state index is -0.322. The molecule has 36 nitrogen and oxygen atoms in total. The lowest BCUT2D eigenvalue weighted by atomic mass is 10.1. The lowest BCUT2D eigenvalue weighted by Gasteiger charge is -2.14. The van der Waals surface area contributed by atoms with E-state index < -0.39 is 0 Å². The molecule has 0 atom stereocenters. The Morgan fingerprint density at radius 3 is 1.01 bits per heavy atom. The molecule has 0 unspecified atom stereocenters. The number of aryl methyl sites for hydroxylation is 2. The zero-order valence-corrected chi connectivity index (χ0v) is 75.0. The van der Waals surface area contributed by atoms with Crippen LogP contribution in [0.3, 0.4) is 0 Å². The molecule has 2 aliphatic rings. The van der Waals surface area contributed by atoms with Crippen molar-refractivity contribution in [3.63, 3.8) is 0 Å². The van der Waals surface area contributed by atoms with Crippen LogP contribution in [0.5, 0.6) is 46.0 Å². The topological polar surface area (TPSA) is 476 Å². The lowest BCUT2D eigenvalue weighted by Crippen LogP contribution is -2.16. The van der Waals surface area contributed by atoms with Crippen LogP contribution in [-0.4, -0.2) is 154 Å². The summed E-state index contributed by atoms with van der Waals surface area (Å²) in [6.45, 7) is 4.04. The quantitative estimate of drug-likeness (QED) is 0.0318. The average molecular weight is 1810 g/mol. The van der Waals surface area contributed by atoms with Crippen molar-refractivity contribution < 1.29 is 37.9 Å². The van der Waals surface area contributed by atoms with Crippen LogP contribution in [0, 0.1) is 13.8 Å². The SMILES string of the molecule is CNc1c(-c2nc3ccccc3[nH]2)c(=O)[nH]n1-c1cc(OC)cc(OC)c1.COc1cc(OC)cc(-n2[nH]c(=O)c(-c3nc4ccccc4[nH]3)c2Nc2ccccc2)c1.COc1cc(OC)cc(-n2[nH]c(=O)c(C3=Nc4ccccc4C3)c2N)c1.COc1cc(OC)cc(-n2[nH]c(N)c(-c3nc4ccccc4[nH]3)c2=O)c1.Cc1cc(C)cc(-n2[nH]c(=O)c(C3=Nc4ccccc4C3)c2N)c1. The molecule has 0 bridgehead atoms. The molecular formula is C99H93N23O13. The Labute approximate surface area is 768 Å². The predicted molar refractivity (Wildman–Crippen MR) is 524 cm³/mol. The van der Waals surface area contributed by atoms with Gasteiger partial charge >= 0.3 is 0 Å². The zero-order valence-electron chi connectivity index (χ0n) is 75.0.